The van der Waals surface area contributed by atoms with Crippen LogP contribution in [0.5, 0.6) is 5.75 Å². The summed E-state index contributed by atoms with van der Waals surface area (Å²) in [7, 11) is 0. The molecule has 0 aliphatic carbocycles. The first-order chi connectivity index (χ1) is 11.1. The highest BCUT2D eigenvalue weighted by Crippen LogP contribution is 2.21. The summed E-state index contributed by atoms with van der Waals surface area (Å²) in [6, 6.07) is 10.9. The van der Waals surface area contributed by atoms with Gasteiger partial charge in [-0.05, 0) is 42.8 Å². The molecule has 0 aliphatic rings. The average molecular weight is 331 g/mol. The standard InChI is InChI=1S/C17H15ClN2O3/c1-12-8-14(5-6-15(12)18)22-11-17(21)23-10-13-9-20-7-3-2-4-16(20)19-13/h2-9H,10-11H2,1H3. The van der Waals surface area contributed by atoms with Crippen LogP contribution >= 0.6 is 11.6 Å². The van der Waals surface area contributed by atoms with Crippen molar-refractivity contribution in [1.29, 1.82) is 0 Å². The Bertz CT molecular complexity index is 812. The van der Waals surface area contributed by atoms with Gasteiger partial charge in [-0.3, -0.25) is 0 Å². The van der Waals surface area contributed by atoms with Gasteiger partial charge >= 0.3 is 5.97 Å². The number of aromatic nitrogens is 2. The van der Waals surface area contributed by atoms with Gasteiger partial charge in [-0.1, -0.05) is 17.7 Å². The van der Waals surface area contributed by atoms with Crippen LogP contribution in [-0.4, -0.2) is 22.0 Å². The molecule has 0 unspecified atom stereocenters. The summed E-state index contributed by atoms with van der Waals surface area (Å²) in [5, 5.41) is 0.659. The number of fused-ring (bicyclic) bond motifs is 1. The molecule has 3 rings (SSSR count). The molecule has 0 radical (unpaired) electrons. The molecule has 2 aromatic heterocycles. The molecule has 0 bridgehead atoms. The molecule has 0 amide bonds. The molecule has 0 spiro atoms. The lowest BCUT2D eigenvalue weighted by molar-refractivity contribution is -0.147. The van der Waals surface area contributed by atoms with E-state index < -0.39 is 5.97 Å². The van der Waals surface area contributed by atoms with Crippen LogP contribution in [0.15, 0.2) is 48.8 Å². The summed E-state index contributed by atoms with van der Waals surface area (Å²) >= 11 is 5.94. The summed E-state index contributed by atoms with van der Waals surface area (Å²) in [5.41, 5.74) is 2.39. The molecule has 1 aromatic carbocycles. The van der Waals surface area contributed by atoms with Crippen molar-refractivity contribution in [1.82, 2.24) is 9.38 Å². The second kappa shape index (κ2) is 6.71. The largest absolute Gasteiger partial charge is 0.482 e. The fraction of sp³-hybridized carbons (Fsp3) is 0.176. The number of benzene rings is 1. The highest BCUT2D eigenvalue weighted by Gasteiger charge is 2.08. The first kappa shape index (κ1) is 15.4. The number of halogens is 1. The van der Waals surface area contributed by atoms with Crippen molar-refractivity contribution >= 4 is 23.2 Å². The SMILES string of the molecule is Cc1cc(OCC(=O)OCc2cn3ccccc3n2)ccc1Cl. The Morgan fingerprint density at radius 3 is 2.96 bits per heavy atom. The molecule has 0 atom stereocenters. The molecule has 0 saturated carbocycles. The Labute approximate surface area is 138 Å². The number of aryl methyl sites for hydroxylation is 1. The van der Waals surface area contributed by atoms with Crippen LogP contribution in [0.2, 0.25) is 5.02 Å². The van der Waals surface area contributed by atoms with E-state index in [0.717, 1.165) is 11.2 Å². The van der Waals surface area contributed by atoms with E-state index in [0.29, 0.717) is 16.5 Å². The number of ether oxygens (including phenoxy) is 2. The normalized spacial score (nSPS) is 10.7. The molecule has 0 fully saturated rings. The average Bonchev–Trinajstić information content (AvgIpc) is 2.97. The van der Waals surface area contributed by atoms with Crippen LogP contribution in [-0.2, 0) is 16.1 Å². The van der Waals surface area contributed by atoms with Crippen molar-refractivity contribution in [2.45, 2.75) is 13.5 Å². The van der Waals surface area contributed by atoms with Gasteiger partial charge in [-0.2, -0.15) is 0 Å². The van der Waals surface area contributed by atoms with Gasteiger partial charge in [0.2, 0.25) is 0 Å². The fourth-order valence-corrected chi connectivity index (χ4v) is 2.22. The number of pyridine rings is 1. The van der Waals surface area contributed by atoms with E-state index in [4.69, 9.17) is 21.1 Å². The van der Waals surface area contributed by atoms with E-state index >= 15 is 0 Å². The predicted molar refractivity (Wildman–Crippen MR) is 86.7 cm³/mol. The summed E-state index contributed by atoms with van der Waals surface area (Å²) in [4.78, 5) is 16.1. The Kier molecular flexibility index (Phi) is 4.48. The Morgan fingerprint density at radius 1 is 1.30 bits per heavy atom. The van der Waals surface area contributed by atoms with Gasteiger partial charge < -0.3 is 13.9 Å². The Hall–Kier alpha value is -2.53. The van der Waals surface area contributed by atoms with Crippen LogP contribution in [0.25, 0.3) is 5.65 Å². The molecule has 2 heterocycles. The van der Waals surface area contributed by atoms with Gasteiger partial charge in [-0.25, -0.2) is 9.78 Å². The third kappa shape index (κ3) is 3.81. The zero-order valence-corrected chi connectivity index (χ0v) is 13.3. The first-order valence-corrected chi connectivity index (χ1v) is 7.47. The smallest absolute Gasteiger partial charge is 0.344 e. The second-order valence-corrected chi connectivity index (χ2v) is 5.47. The van der Waals surface area contributed by atoms with Crippen LogP contribution in [0.1, 0.15) is 11.3 Å². The molecule has 0 saturated heterocycles. The zero-order chi connectivity index (χ0) is 16.2. The molecule has 0 aliphatic heterocycles. The van der Waals surface area contributed by atoms with Crippen LogP contribution in [0.3, 0.4) is 0 Å². The summed E-state index contributed by atoms with van der Waals surface area (Å²) in [6.07, 6.45) is 3.71. The van der Waals surface area contributed by atoms with Crippen LogP contribution in [0, 0.1) is 6.92 Å². The lowest BCUT2D eigenvalue weighted by Gasteiger charge is -2.07. The number of hydrogen-bond acceptors (Lipinski definition) is 4. The van der Waals surface area contributed by atoms with Gasteiger partial charge in [0, 0.05) is 17.4 Å². The molecule has 118 valence electrons. The summed E-state index contributed by atoms with van der Waals surface area (Å²) in [5.74, 6) is 0.131. The van der Waals surface area contributed by atoms with Gasteiger partial charge in [0.1, 0.15) is 18.0 Å². The van der Waals surface area contributed by atoms with E-state index in [1.165, 1.54) is 0 Å². The summed E-state index contributed by atoms with van der Waals surface area (Å²) < 4.78 is 12.4. The second-order valence-electron chi connectivity index (χ2n) is 5.06. The maximum atomic E-state index is 11.7. The van der Waals surface area contributed by atoms with Crippen LogP contribution in [0.4, 0.5) is 0 Å². The van der Waals surface area contributed by atoms with Crippen molar-refractivity contribution in [3.05, 3.63) is 65.1 Å². The maximum absolute atomic E-state index is 11.7. The van der Waals surface area contributed by atoms with Gasteiger partial charge in [-0.15, -0.1) is 0 Å². The van der Waals surface area contributed by atoms with Crippen molar-refractivity contribution in [2.75, 3.05) is 6.61 Å². The molecule has 0 N–H and O–H groups in total. The highest BCUT2D eigenvalue weighted by atomic mass is 35.5. The minimum Gasteiger partial charge on any atom is -0.482 e. The maximum Gasteiger partial charge on any atom is 0.344 e. The topological polar surface area (TPSA) is 52.8 Å². The summed E-state index contributed by atoms with van der Waals surface area (Å²) in [6.45, 7) is 1.83. The predicted octanol–water partition coefficient (Wildman–Crippen LogP) is 3.42. The highest BCUT2D eigenvalue weighted by molar-refractivity contribution is 6.31. The molecule has 5 nitrogen and oxygen atoms in total. The Balaban J connectivity index is 1.52. The third-order valence-electron chi connectivity index (χ3n) is 3.28. The minimum atomic E-state index is -0.449. The first-order valence-electron chi connectivity index (χ1n) is 7.09. The van der Waals surface area contributed by atoms with Crippen molar-refractivity contribution in [3.63, 3.8) is 0 Å². The van der Waals surface area contributed by atoms with Gasteiger partial charge in [0.15, 0.2) is 6.61 Å². The number of nitrogens with zero attached hydrogens (tertiary/aromatic N) is 2. The van der Waals surface area contributed by atoms with E-state index in [9.17, 15) is 4.79 Å². The zero-order valence-electron chi connectivity index (χ0n) is 12.5. The van der Waals surface area contributed by atoms with E-state index in [1.54, 1.807) is 18.2 Å². The number of esters is 1. The number of carbonyl (C=O) groups excluding carboxylic acids is 1. The number of hydrogen-bond donors (Lipinski definition) is 0. The number of rotatable bonds is 5. The fourth-order valence-electron chi connectivity index (χ4n) is 2.10. The minimum absolute atomic E-state index is 0.115. The molecular weight excluding hydrogens is 316 g/mol. The molecule has 3 aromatic rings. The van der Waals surface area contributed by atoms with E-state index in [-0.39, 0.29) is 13.2 Å². The number of imidazole rings is 1. The molecular formula is C17H15ClN2O3. The molecule has 23 heavy (non-hydrogen) atoms. The number of carbonyl (C=O) groups is 1. The quantitative estimate of drug-likeness (QED) is 0.673. The lowest BCUT2D eigenvalue weighted by Crippen LogP contribution is -2.14. The van der Waals surface area contributed by atoms with Crippen molar-refractivity contribution < 1.29 is 14.3 Å². The molecule has 6 heteroatoms. The van der Waals surface area contributed by atoms with E-state index in [2.05, 4.69) is 4.98 Å². The van der Waals surface area contributed by atoms with Crippen molar-refractivity contribution in [2.24, 2.45) is 0 Å². The van der Waals surface area contributed by atoms with Gasteiger partial charge in [0.05, 0.1) is 5.69 Å². The Morgan fingerprint density at radius 2 is 2.17 bits per heavy atom. The van der Waals surface area contributed by atoms with Crippen LogP contribution < -0.4 is 4.74 Å². The third-order valence-corrected chi connectivity index (χ3v) is 3.71. The van der Waals surface area contributed by atoms with E-state index in [1.807, 2.05) is 41.9 Å². The lowest BCUT2D eigenvalue weighted by atomic mass is 10.2. The van der Waals surface area contributed by atoms with Crippen molar-refractivity contribution in [3.8, 4) is 5.75 Å². The monoisotopic (exact) mass is 330 g/mol. The van der Waals surface area contributed by atoms with Gasteiger partial charge in [0.25, 0.3) is 0 Å².